The average Bonchev–Trinajstić information content (AvgIpc) is 2.78. The van der Waals surface area contributed by atoms with Gasteiger partial charge < -0.3 is 15.3 Å². The van der Waals surface area contributed by atoms with Crippen molar-refractivity contribution in [2.45, 2.75) is 25.1 Å². The van der Waals surface area contributed by atoms with E-state index in [2.05, 4.69) is 15.1 Å². The van der Waals surface area contributed by atoms with Crippen molar-refractivity contribution in [2.24, 2.45) is 0 Å². The maximum Gasteiger partial charge on any atom is 0.416 e. The Balaban J connectivity index is 1.26. The number of aryl methyl sites for hydroxylation is 1. The Hall–Kier alpha value is -2.84. The van der Waals surface area contributed by atoms with Gasteiger partial charge in [-0.3, -0.25) is 9.69 Å². The highest BCUT2D eigenvalue weighted by Crippen LogP contribution is 2.30. The summed E-state index contributed by atoms with van der Waals surface area (Å²) >= 11 is 0. The van der Waals surface area contributed by atoms with E-state index in [1.165, 1.54) is 12.1 Å². The zero-order chi connectivity index (χ0) is 22.7. The van der Waals surface area contributed by atoms with Crippen LogP contribution in [0.4, 0.5) is 24.5 Å². The number of fused-ring (bicyclic) bond motifs is 1. The number of hydrogen-bond donors (Lipinski definition) is 2. The Morgan fingerprint density at radius 3 is 2.44 bits per heavy atom. The average molecular weight is 445 g/mol. The number of aliphatic hydroxyl groups is 1. The lowest BCUT2D eigenvalue weighted by molar-refractivity contribution is -0.137. The summed E-state index contributed by atoms with van der Waals surface area (Å²) in [5.41, 5.74) is 3.07. The SMILES string of the molecule is O=C1CCc2cc(/C=C/C(O)CN3CCN(c4ccc(C(F)(F)F)cc4)CC3)ccc2N1. The van der Waals surface area contributed by atoms with Crippen LogP contribution in [0, 0.1) is 0 Å². The second-order valence-electron chi connectivity index (χ2n) is 8.22. The molecule has 2 aliphatic heterocycles. The molecule has 2 aliphatic rings. The van der Waals surface area contributed by atoms with Gasteiger partial charge in [-0.1, -0.05) is 18.2 Å². The molecule has 0 bridgehead atoms. The molecular weight excluding hydrogens is 419 g/mol. The number of alkyl halides is 3. The van der Waals surface area contributed by atoms with E-state index in [0.717, 1.165) is 47.7 Å². The highest BCUT2D eigenvalue weighted by molar-refractivity contribution is 5.94. The predicted molar refractivity (Wildman–Crippen MR) is 119 cm³/mol. The van der Waals surface area contributed by atoms with E-state index in [9.17, 15) is 23.1 Å². The van der Waals surface area contributed by atoms with Crippen LogP contribution in [-0.2, 0) is 17.4 Å². The van der Waals surface area contributed by atoms with E-state index in [-0.39, 0.29) is 5.91 Å². The summed E-state index contributed by atoms with van der Waals surface area (Å²) < 4.78 is 38.2. The fraction of sp³-hybridized carbons (Fsp3) is 0.375. The number of nitrogens with zero attached hydrogens (tertiary/aromatic N) is 2. The fourth-order valence-corrected chi connectivity index (χ4v) is 4.10. The summed E-state index contributed by atoms with van der Waals surface area (Å²) in [6.07, 6.45) is -0.0832. The predicted octanol–water partition coefficient (Wildman–Crippen LogP) is 3.79. The molecule has 0 aromatic heterocycles. The topological polar surface area (TPSA) is 55.8 Å². The fourth-order valence-electron chi connectivity index (χ4n) is 4.10. The molecule has 2 N–H and O–H groups in total. The van der Waals surface area contributed by atoms with Gasteiger partial charge in [-0.05, 0) is 53.9 Å². The first-order valence-electron chi connectivity index (χ1n) is 10.7. The van der Waals surface area contributed by atoms with Crippen molar-refractivity contribution in [2.75, 3.05) is 42.9 Å². The van der Waals surface area contributed by atoms with Crippen LogP contribution in [0.3, 0.4) is 0 Å². The molecule has 1 saturated heterocycles. The van der Waals surface area contributed by atoms with Crippen LogP contribution in [-0.4, -0.2) is 54.7 Å². The lowest BCUT2D eigenvalue weighted by atomic mass is 10.00. The summed E-state index contributed by atoms with van der Waals surface area (Å²) in [5, 5.41) is 13.3. The van der Waals surface area contributed by atoms with Crippen LogP contribution in [0.1, 0.15) is 23.1 Å². The number of carbonyl (C=O) groups excluding carboxylic acids is 1. The van der Waals surface area contributed by atoms with Gasteiger partial charge in [0, 0.05) is 50.5 Å². The molecule has 5 nitrogen and oxygen atoms in total. The third-order valence-corrected chi connectivity index (χ3v) is 5.91. The minimum atomic E-state index is -4.32. The molecule has 170 valence electrons. The Morgan fingerprint density at radius 2 is 1.75 bits per heavy atom. The van der Waals surface area contributed by atoms with E-state index >= 15 is 0 Å². The molecule has 2 aromatic carbocycles. The monoisotopic (exact) mass is 445 g/mol. The molecular formula is C24H26F3N3O2. The Kier molecular flexibility index (Phi) is 6.53. The maximum absolute atomic E-state index is 12.7. The van der Waals surface area contributed by atoms with Crippen LogP contribution in [0.25, 0.3) is 6.08 Å². The third kappa shape index (κ3) is 5.49. The van der Waals surface area contributed by atoms with Crippen LogP contribution in [0.5, 0.6) is 0 Å². The van der Waals surface area contributed by atoms with Gasteiger partial charge in [0.15, 0.2) is 0 Å². The van der Waals surface area contributed by atoms with Gasteiger partial charge in [-0.25, -0.2) is 0 Å². The zero-order valence-electron chi connectivity index (χ0n) is 17.6. The molecule has 1 atom stereocenters. The molecule has 1 unspecified atom stereocenters. The molecule has 1 fully saturated rings. The van der Waals surface area contributed by atoms with Crippen molar-refractivity contribution >= 4 is 23.4 Å². The number of piperazine rings is 1. The van der Waals surface area contributed by atoms with Gasteiger partial charge in [0.05, 0.1) is 11.7 Å². The van der Waals surface area contributed by atoms with Gasteiger partial charge in [0.1, 0.15) is 0 Å². The molecule has 0 saturated carbocycles. The minimum Gasteiger partial charge on any atom is -0.388 e. The van der Waals surface area contributed by atoms with Crippen LogP contribution in [0.2, 0.25) is 0 Å². The van der Waals surface area contributed by atoms with Gasteiger partial charge in [0.2, 0.25) is 5.91 Å². The van der Waals surface area contributed by atoms with Crippen molar-refractivity contribution < 1.29 is 23.1 Å². The number of rotatable bonds is 5. The van der Waals surface area contributed by atoms with Gasteiger partial charge in [0.25, 0.3) is 0 Å². The number of anilines is 2. The van der Waals surface area contributed by atoms with Crippen LogP contribution < -0.4 is 10.2 Å². The van der Waals surface area contributed by atoms with Gasteiger partial charge in [-0.15, -0.1) is 0 Å². The molecule has 4 rings (SSSR count). The number of benzene rings is 2. The van der Waals surface area contributed by atoms with Crippen LogP contribution in [0.15, 0.2) is 48.5 Å². The molecule has 0 spiro atoms. The summed E-state index contributed by atoms with van der Waals surface area (Å²) in [4.78, 5) is 15.7. The second-order valence-corrected chi connectivity index (χ2v) is 8.22. The molecule has 1 amide bonds. The second kappa shape index (κ2) is 9.34. The van der Waals surface area contributed by atoms with Gasteiger partial charge in [-0.2, -0.15) is 13.2 Å². The molecule has 2 heterocycles. The quantitative estimate of drug-likeness (QED) is 0.736. The van der Waals surface area contributed by atoms with Crippen molar-refractivity contribution in [1.29, 1.82) is 0 Å². The normalized spacial score (nSPS) is 18.5. The lowest BCUT2D eigenvalue weighted by Gasteiger charge is -2.36. The largest absolute Gasteiger partial charge is 0.416 e. The summed E-state index contributed by atoms with van der Waals surface area (Å²) in [6, 6.07) is 11.1. The summed E-state index contributed by atoms with van der Waals surface area (Å²) in [7, 11) is 0. The molecule has 8 heteroatoms. The van der Waals surface area contributed by atoms with Crippen molar-refractivity contribution in [3.63, 3.8) is 0 Å². The summed E-state index contributed by atoms with van der Waals surface area (Å²) in [6.45, 7) is 3.34. The first-order chi connectivity index (χ1) is 15.3. The maximum atomic E-state index is 12.7. The number of carbonyl (C=O) groups is 1. The number of hydrogen-bond acceptors (Lipinski definition) is 4. The molecule has 2 aromatic rings. The number of halogens is 3. The van der Waals surface area contributed by atoms with Gasteiger partial charge >= 0.3 is 6.18 Å². The van der Waals surface area contributed by atoms with Crippen molar-refractivity contribution in [3.05, 3.63) is 65.2 Å². The van der Waals surface area contributed by atoms with E-state index in [1.807, 2.05) is 24.3 Å². The number of aliphatic hydroxyl groups excluding tert-OH is 1. The molecule has 0 radical (unpaired) electrons. The van der Waals surface area contributed by atoms with Crippen molar-refractivity contribution in [3.8, 4) is 0 Å². The van der Waals surface area contributed by atoms with E-state index in [4.69, 9.17) is 0 Å². The number of β-amino-alcohol motifs (C(OH)–C–C–N with tert-alkyl or cyclic N) is 1. The van der Waals surface area contributed by atoms with E-state index in [1.54, 1.807) is 6.08 Å². The molecule has 32 heavy (non-hydrogen) atoms. The standard InChI is InChI=1S/C24H26F3N3O2/c25-24(26,27)19-4-6-20(7-5-19)30-13-11-29(12-14-30)16-21(31)8-1-17-2-9-22-18(15-17)3-10-23(32)28-22/h1-2,4-9,15,21,31H,3,10-14,16H2,(H,28,32)/b8-1+. The Labute approximate surface area is 185 Å². The molecule has 0 aliphatic carbocycles. The Morgan fingerprint density at radius 1 is 1.03 bits per heavy atom. The first kappa shape index (κ1) is 22.4. The highest BCUT2D eigenvalue weighted by Gasteiger charge is 2.30. The van der Waals surface area contributed by atoms with E-state index in [0.29, 0.717) is 32.5 Å². The first-order valence-corrected chi connectivity index (χ1v) is 10.7. The van der Waals surface area contributed by atoms with E-state index < -0.39 is 17.8 Å². The smallest absolute Gasteiger partial charge is 0.388 e. The number of nitrogens with one attached hydrogen (secondary N) is 1. The third-order valence-electron chi connectivity index (χ3n) is 5.91. The van der Waals surface area contributed by atoms with Crippen molar-refractivity contribution in [1.82, 2.24) is 4.90 Å². The summed E-state index contributed by atoms with van der Waals surface area (Å²) in [5.74, 6) is 0.0367. The minimum absolute atomic E-state index is 0.0367. The van der Waals surface area contributed by atoms with Crippen LogP contribution >= 0.6 is 0 Å². The Bertz CT molecular complexity index is 981. The number of amides is 1. The zero-order valence-corrected chi connectivity index (χ0v) is 17.6. The highest BCUT2D eigenvalue weighted by atomic mass is 19.4. The lowest BCUT2D eigenvalue weighted by Crippen LogP contribution is -2.48.